The lowest BCUT2D eigenvalue weighted by Gasteiger charge is -2.08. The maximum atomic E-state index is 5.55. The first-order valence-corrected chi connectivity index (χ1v) is 5.55. The van der Waals surface area contributed by atoms with E-state index in [2.05, 4.69) is 13.8 Å². The Morgan fingerprint density at radius 2 is 2.08 bits per heavy atom. The van der Waals surface area contributed by atoms with Crippen LogP contribution in [0, 0.1) is 17.8 Å². The summed E-state index contributed by atoms with van der Waals surface area (Å²) in [4.78, 5) is 0. The van der Waals surface area contributed by atoms with Crippen molar-refractivity contribution in [2.75, 3.05) is 13.6 Å². The highest BCUT2D eigenvalue weighted by atomic mass is 15.4. The smallest absolute Gasteiger partial charge is 0.0125 e. The zero-order valence-electron chi connectivity index (χ0n) is 9.29. The Morgan fingerprint density at radius 1 is 1.38 bits per heavy atom. The van der Waals surface area contributed by atoms with Gasteiger partial charge < -0.3 is 0 Å². The van der Waals surface area contributed by atoms with Gasteiger partial charge in [0.2, 0.25) is 0 Å². The molecule has 0 aromatic carbocycles. The van der Waals surface area contributed by atoms with Crippen LogP contribution in [0.15, 0.2) is 0 Å². The molecule has 0 radical (unpaired) electrons. The highest BCUT2D eigenvalue weighted by Gasteiger charge is 2.35. The molecule has 2 heteroatoms. The molecule has 13 heavy (non-hydrogen) atoms. The van der Waals surface area contributed by atoms with Gasteiger partial charge in [0, 0.05) is 13.6 Å². The number of hydrogen-bond donors (Lipinski definition) is 1. The molecule has 0 amide bonds. The first kappa shape index (κ1) is 11.0. The molecule has 0 aromatic rings. The summed E-state index contributed by atoms with van der Waals surface area (Å²) in [5.74, 6) is 8.50. The summed E-state index contributed by atoms with van der Waals surface area (Å²) in [5.41, 5.74) is 0. The fourth-order valence-electron chi connectivity index (χ4n) is 2.16. The summed E-state index contributed by atoms with van der Waals surface area (Å²) in [6, 6.07) is 0. The van der Waals surface area contributed by atoms with Crippen LogP contribution >= 0.6 is 0 Å². The summed E-state index contributed by atoms with van der Waals surface area (Å²) in [7, 11) is 1.94. The van der Waals surface area contributed by atoms with Crippen LogP contribution in [0.25, 0.3) is 0 Å². The van der Waals surface area contributed by atoms with E-state index in [1.54, 1.807) is 5.01 Å². The van der Waals surface area contributed by atoms with Crippen LogP contribution in [0.2, 0.25) is 0 Å². The first-order valence-electron chi connectivity index (χ1n) is 5.55. The molecular weight excluding hydrogens is 160 g/mol. The molecule has 0 aromatic heterocycles. The van der Waals surface area contributed by atoms with Gasteiger partial charge in [-0.15, -0.1) is 0 Å². The van der Waals surface area contributed by atoms with Crippen LogP contribution in [-0.4, -0.2) is 18.6 Å². The average Bonchev–Trinajstić information content (AvgIpc) is 2.65. The third kappa shape index (κ3) is 4.63. The standard InChI is InChI=1S/C11H24N2/c1-9(2)7-11-8-10(11)5-4-6-13(3)12/h9-11H,4-8,12H2,1-3H3. The highest BCUT2D eigenvalue weighted by Crippen LogP contribution is 2.45. The van der Waals surface area contributed by atoms with E-state index in [0.29, 0.717) is 0 Å². The summed E-state index contributed by atoms with van der Waals surface area (Å²) < 4.78 is 0. The number of hydrazine groups is 1. The second-order valence-corrected chi connectivity index (χ2v) is 5.01. The zero-order chi connectivity index (χ0) is 9.84. The van der Waals surface area contributed by atoms with Crippen molar-refractivity contribution in [2.45, 2.75) is 39.5 Å². The van der Waals surface area contributed by atoms with Crippen molar-refractivity contribution in [3.8, 4) is 0 Å². The summed E-state index contributed by atoms with van der Waals surface area (Å²) in [6.45, 7) is 5.69. The zero-order valence-corrected chi connectivity index (χ0v) is 9.29. The molecule has 1 rings (SSSR count). The van der Waals surface area contributed by atoms with Crippen LogP contribution in [0.4, 0.5) is 0 Å². The van der Waals surface area contributed by atoms with E-state index in [1.165, 1.54) is 25.7 Å². The van der Waals surface area contributed by atoms with Crippen LogP contribution in [0.5, 0.6) is 0 Å². The Morgan fingerprint density at radius 3 is 2.62 bits per heavy atom. The molecule has 2 unspecified atom stereocenters. The van der Waals surface area contributed by atoms with E-state index in [4.69, 9.17) is 5.84 Å². The Bertz CT molecular complexity index is 143. The molecule has 0 bridgehead atoms. The van der Waals surface area contributed by atoms with Crippen LogP contribution in [0.1, 0.15) is 39.5 Å². The molecule has 1 aliphatic rings. The largest absolute Gasteiger partial charge is 0.269 e. The average molecular weight is 184 g/mol. The summed E-state index contributed by atoms with van der Waals surface area (Å²) >= 11 is 0. The van der Waals surface area contributed by atoms with E-state index >= 15 is 0 Å². The van der Waals surface area contributed by atoms with Gasteiger partial charge in [0.15, 0.2) is 0 Å². The molecule has 2 atom stereocenters. The maximum absolute atomic E-state index is 5.55. The van der Waals surface area contributed by atoms with Gasteiger partial charge >= 0.3 is 0 Å². The van der Waals surface area contributed by atoms with Gasteiger partial charge in [0.05, 0.1) is 0 Å². The summed E-state index contributed by atoms with van der Waals surface area (Å²) in [6.07, 6.45) is 5.57. The molecule has 78 valence electrons. The van der Waals surface area contributed by atoms with E-state index < -0.39 is 0 Å². The van der Waals surface area contributed by atoms with Gasteiger partial charge in [-0.2, -0.15) is 0 Å². The van der Waals surface area contributed by atoms with Gasteiger partial charge in [-0.3, -0.25) is 10.9 Å². The third-order valence-corrected chi connectivity index (χ3v) is 2.93. The number of hydrogen-bond acceptors (Lipinski definition) is 2. The molecular formula is C11H24N2. The second-order valence-electron chi connectivity index (χ2n) is 5.01. The molecule has 0 aliphatic heterocycles. The predicted octanol–water partition coefficient (Wildman–Crippen LogP) is 2.25. The van der Waals surface area contributed by atoms with Crippen molar-refractivity contribution in [3.63, 3.8) is 0 Å². The van der Waals surface area contributed by atoms with Crippen molar-refractivity contribution < 1.29 is 0 Å². The minimum atomic E-state index is 0.882. The second kappa shape index (κ2) is 4.97. The topological polar surface area (TPSA) is 29.3 Å². The molecule has 0 saturated heterocycles. The normalized spacial score (nSPS) is 27.2. The molecule has 0 heterocycles. The predicted molar refractivity (Wildman–Crippen MR) is 57.1 cm³/mol. The lowest BCUT2D eigenvalue weighted by molar-refractivity contribution is 0.333. The van der Waals surface area contributed by atoms with Gasteiger partial charge in [-0.05, 0) is 43.4 Å². The quantitative estimate of drug-likeness (QED) is 0.507. The van der Waals surface area contributed by atoms with Gasteiger partial charge in [0.1, 0.15) is 0 Å². The van der Waals surface area contributed by atoms with Gasteiger partial charge in [-0.1, -0.05) is 13.8 Å². The fraction of sp³-hybridized carbons (Fsp3) is 1.00. The molecule has 2 nitrogen and oxygen atoms in total. The minimum Gasteiger partial charge on any atom is -0.269 e. The van der Waals surface area contributed by atoms with Crippen LogP contribution in [0.3, 0.4) is 0 Å². The number of nitrogens with two attached hydrogens (primary N) is 1. The van der Waals surface area contributed by atoms with Crippen molar-refractivity contribution in [3.05, 3.63) is 0 Å². The lowest BCUT2D eigenvalue weighted by atomic mass is 10.0. The van der Waals surface area contributed by atoms with Gasteiger partial charge in [-0.25, -0.2) is 0 Å². The molecule has 1 saturated carbocycles. The lowest BCUT2D eigenvalue weighted by Crippen LogP contribution is -2.26. The Balaban J connectivity index is 1.95. The Kier molecular flexibility index (Phi) is 4.20. The highest BCUT2D eigenvalue weighted by molar-refractivity contribution is 4.86. The van der Waals surface area contributed by atoms with E-state index in [9.17, 15) is 0 Å². The molecule has 0 spiro atoms. The van der Waals surface area contributed by atoms with Crippen molar-refractivity contribution in [2.24, 2.45) is 23.6 Å². The first-order chi connectivity index (χ1) is 6.09. The fourth-order valence-corrected chi connectivity index (χ4v) is 2.16. The minimum absolute atomic E-state index is 0.882. The van der Waals surface area contributed by atoms with E-state index in [1.807, 2.05) is 7.05 Å². The Hall–Kier alpha value is -0.0800. The third-order valence-electron chi connectivity index (χ3n) is 2.93. The van der Waals surface area contributed by atoms with Gasteiger partial charge in [0.25, 0.3) is 0 Å². The van der Waals surface area contributed by atoms with E-state index in [0.717, 1.165) is 24.3 Å². The Labute approximate surface area is 82.5 Å². The van der Waals surface area contributed by atoms with Crippen LogP contribution in [-0.2, 0) is 0 Å². The van der Waals surface area contributed by atoms with E-state index in [-0.39, 0.29) is 0 Å². The molecule has 1 fully saturated rings. The van der Waals surface area contributed by atoms with Crippen LogP contribution < -0.4 is 5.84 Å². The van der Waals surface area contributed by atoms with Crippen molar-refractivity contribution in [1.82, 2.24) is 5.01 Å². The number of rotatable bonds is 6. The monoisotopic (exact) mass is 184 g/mol. The number of nitrogens with zero attached hydrogens (tertiary/aromatic N) is 1. The SMILES string of the molecule is CC(C)CC1CC1CCCN(C)N. The van der Waals surface area contributed by atoms with Crippen molar-refractivity contribution >= 4 is 0 Å². The molecule has 1 aliphatic carbocycles. The summed E-state index contributed by atoms with van der Waals surface area (Å²) in [5, 5.41) is 1.79. The maximum Gasteiger partial charge on any atom is 0.0125 e. The molecule has 2 N–H and O–H groups in total. The van der Waals surface area contributed by atoms with Crippen molar-refractivity contribution in [1.29, 1.82) is 0 Å².